The van der Waals surface area contributed by atoms with Crippen molar-refractivity contribution in [2.24, 2.45) is 11.7 Å². The highest BCUT2D eigenvalue weighted by Gasteiger charge is 2.33. The van der Waals surface area contributed by atoms with Gasteiger partial charge in [-0.3, -0.25) is 9.59 Å². The Balaban J connectivity index is 1.60. The summed E-state index contributed by atoms with van der Waals surface area (Å²) in [7, 11) is -1.90. The Kier molecular flexibility index (Phi) is 6.80. The van der Waals surface area contributed by atoms with Gasteiger partial charge in [-0.1, -0.05) is 23.7 Å². The first-order valence-electron chi connectivity index (χ1n) is 9.58. The number of benzene rings is 2. The number of nitrogens with zero attached hydrogens (tertiary/aromatic N) is 2. The molecule has 2 aromatic carbocycles. The SMILES string of the molecule is CN(Cc1cccc(C(N)=O)c1)C(=O)C1CCN(S(=O)(=O)c2ccc(Cl)cc2)CC1. The monoisotopic (exact) mass is 449 g/mol. The van der Waals surface area contributed by atoms with Gasteiger partial charge in [-0.15, -0.1) is 0 Å². The summed E-state index contributed by atoms with van der Waals surface area (Å²) >= 11 is 5.84. The summed E-state index contributed by atoms with van der Waals surface area (Å²) in [4.78, 5) is 26.0. The molecule has 2 amide bonds. The molecule has 2 aromatic rings. The number of primary amides is 1. The molecule has 3 rings (SSSR count). The molecule has 160 valence electrons. The molecule has 0 unspecified atom stereocenters. The molecule has 1 fully saturated rings. The number of rotatable bonds is 6. The fourth-order valence-electron chi connectivity index (χ4n) is 3.59. The Bertz CT molecular complexity index is 1030. The zero-order valence-corrected chi connectivity index (χ0v) is 18.2. The van der Waals surface area contributed by atoms with Crippen LogP contribution < -0.4 is 5.73 Å². The third-order valence-electron chi connectivity index (χ3n) is 5.26. The Morgan fingerprint density at radius 1 is 1.13 bits per heavy atom. The van der Waals surface area contributed by atoms with Crippen molar-refractivity contribution in [1.29, 1.82) is 0 Å². The summed E-state index contributed by atoms with van der Waals surface area (Å²) < 4.78 is 27.0. The minimum Gasteiger partial charge on any atom is -0.366 e. The van der Waals surface area contributed by atoms with E-state index in [9.17, 15) is 18.0 Å². The fourth-order valence-corrected chi connectivity index (χ4v) is 5.18. The highest BCUT2D eigenvalue weighted by molar-refractivity contribution is 7.89. The van der Waals surface area contributed by atoms with E-state index in [1.807, 2.05) is 6.07 Å². The molecule has 0 atom stereocenters. The lowest BCUT2D eigenvalue weighted by molar-refractivity contribution is -0.135. The lowest BCUT2D eigenvalue weighted by atomic mass is 9.96. The van der Waals surface area contributed by atoms with E-state index < -0.39 is 15.9 Å². The second kappa shape index (κ2) is 9.16. The van der Waals surface area contributed by atoms with Crippen LogP contribution in [0.15, 0.2) is 53.4 Å². The van der Waals surface area contributed by atoms with E-state index >= 15 is 0 Å². The van der Waals surface area contributed by atoms with Crippen molar-refractivity contribution in [3.63, 3.8) is 0 Å². The second-order valence-electron chi connectivity index (χ2n) is 7.39. The van der Waals surface area contributed by atoms with Gasteiger partial charge in [0.2, 0.25) is 21.8 Å². The standard InChI is InChI=1S/C21H24ClN3O4S/c1-24(14-15-3-2-4-17(13-15)20(23)26)21(27)16-9-11-25(12-10-16)30(28,29)19-7-5-18(22)6-8-19/h2-8,13,16H,9-12,14H2,1H3,(H2,23,26). The van der Waals surface area contributed by atoms with E-state index in [1.54, 1.807) is 42.3 Å². The van der Waals surface area contributed by atoms with Gasteiger partial charge in [0, 0.05) is 43.2 Å². The molecule has 1 aliphatic rings. The van der Waals surface area contributed by atoms with Gasteiger partial charge >= 0.3 is 0 Å². The summed E-state index contributed by atoms with van der Waals surface area (Å²) in [5, 5.41) is 0.475. The summed E-state index contributed by atoms with van der Waals surface area (Å²) in [6, 6.07) is 12.9. The lowest BCUT2D eigenvalue weighted by Gasteiger charge is -2.32. The molecule has 0 spiro atoms. The maximum Gasteiger partial charge on any atom is 0.248 e. The van der Waals surface area contributed by atoms with Gasteiger partial charge in [-0.2, -0.15) is 4.31 Å². The number of piperidine rings is 1. The van der Waals surface area contributed by atoms with Crippen LogP contribution in [0.4, 0.5) is 0 Å². The van der Waals surface area contributed by atoms with E-state index in [0.717, 1.165) is 5.56 Å². The Morgan fingerprint density at radius 2 is 1.77 bits per heavy atom. The molecular weight excluding hydrogens is 426 g/mol. The number of nitrogens with two attached hydrogens (primary N) is 1. The van der Waals surface area contributed by atoms with Crippen LogP contribution in [-0.4, -0.2) is 49.6 Å². The predicted molar refractivity (Wildman–Crippen MR) is 114 cm³/mol. The van der Waals surface area contributed by atoms with Crippen molar-refractivity contribution in [2.75, 3.05) is 20.1 Å². The largest absolute Gasteiger partial charge is 0.366 e. The fraction of sp³-hybridized carbons (Fsp3) is 0.333. The van der Waals surface area contributed by atoms with E-state index in [-0.39, 0.29) is 29.8 Å². The molecule has 1 saturated heterocycles. The van der Waals surface area contributed by atoms with Crippen LogP contribution in [0.1, 0.15) is 28.8 Å². The van der Waals surface area contributed by atoms with Crippen molar-refractivity contribution >= 4 is 33.4 Å². The molecule has 1 heterocycles. The first kappa shape index (κ1) is 22.3. The Labute approximate surface area is 181 Å². The molecule has 2 N–H and O–H groups in total. The van der Waals surface area contributed by atoms with Crippen LogP contribution in [0.2, 0.25) is 5.02 Å². The van der Waals surface area contributed by atoms with Crippen molar-refractivity contribution in [1.82, 2.24) is 9.21 Å². The van der Waals surface area contributed by atoms with E-state index in [4.69, 9.17) is 17.3 Å². The number of amides is 2. The zero-order valence-electron chi connectivity index (χ0n) is 16.6. The third-order valence-corrected chi connectivity index (χ3v) is 7.43. The molecule has 0 saturated carbocycles. The summed E-state index contributed by atoms with van der Waals surface area (Å²) in [5.41, 5.74) is 6.52. The topological polar surface area (TPSA) is 101 Å². The number of halogens is 1. The van der Waals surface area contributed by atoms with Crippen molar-refractivity contribution in [3.8, 4) is 0 Å². The smallest absolute Gasteiger partial charge is 0.248 e. The maximum atomic E-state index is 12.8. The van der Waals surface area contributed by atoms with Crippen molar-refractivity contribution in [2.45, 2.75) is 24.3 Å². The number of carbonyl (C=O) groups is 2. The molecular formula is C21H24ClN3O4S. The minimum absolute atomic E-state index is 0.0389. The first-order valence-corrected chi connectivity index (χ1v) is 11.4. The summed E-state index contributed by atoms with van der Waals surface area (Å²) in [5.74, 6) is -0.797. The normalized spacial score (nSPS) is 15.7. The van der Waals surface area contributed by atoms with Gasteiger partial charge in [0.15, 0.2) is 0 Å². The Hall–Kier alpha value is -2.42. The second-order valence-corrected chi connectivity index (χ2v) is 9.77. The molecule has 9 heteroatoms. The molecule has 1 aliphatic heterocycles. The highest BCUT2D eigenvalue weighted by atomic mass is 35.5. The van der Waals surface area contributed by atoms with Gasteiger partial charge in [0.05, 0.1) is 4.90 Å². The highest BCUT2D eigenvalue weighted by Crippen LogP contribution is 2.26. The number of hydrogen-bond acceptors (Lipinski definition) is 4. The van der Waals surface area contributed by atoms with Crippen LogP contribution in [0.25, 0.3) is 0 Å². The maximum absolute atomic E-state index is 12.8. The Morgan fingerprint density at radius 3 is 2.37 bits per heavy atom. The van der Waals surface area contributed by atoms with Gasteiger partial charge in [0.1, 0.15) is 0 Å². The first-order chi connectivity index (χ1) is 14.2. The van der Waals surface area contributed by atoms with Crippen LogP contribution in [-0.2, 0) is 21.4 Å². The quantitative estimate of drug-likeness (QED) is 0.732. The summed E-state index contributed by atoms with van der Waals surface area (Å²) in [6.45, 7) is 0.919. The van der Waals surface area contributed by atoms with E-state index in [2.05, 4.69) is 0 Å². The van der Waals surface area contributed by atoms with Crippen LogP contribution in [0, 0.1) is 5.92 Å². The van der Waals surface area contributed by atoms with Gasteiger partial charge in [-0.05, 0) is 54.8 Å². The molecule has 0 aliphatic carbocycles. The number of hydrogen-bond donors (Lipinski definition) is 1. The van der Waals surface area contributed by atoms with E-state index in [0.29, 0.717) is 30.0 Å². The van der Waals surface area contributed by atoms with E-state index in [1.165, 1.54) is 16.4 Å². The van der Waals surface area contributed by atoms with Crippen molar-refractivity contribution < 1.29 is 18.0 Å². The number of carbonyl (C=O) groups excluding carboxylic acids is 2. The van der Waals surface area contributed by atoms with Crippen LogP contribution in [0.3, 0.4) is 0 Å². The number of sulfonamides is 1. The van der Waals surface area contributed by atoms with Gasteiger partial charge < -0.3 is 10.6 Å². The molecule has 7 nitrogen and oxygen atoms in total. The molecule has 0 radical (unpaired) electrons. The van der Waals surface area contributed by atoms with Crippen LogP contribution in [0.5, 0.6) is 0 Å². The lowest BCUT2D eigenvalue weighted by Crippen LogP contribution is -2.43. The van der Waals surface area contributed by atoms with Crippen LogP contribution >= 0.6 is 11.6 Å². The molecule has 30 heavy (non-hydrogen) atoms. The van der Waals surface area contributed by atoms with Gasteiger partial charge in [0.25, 0.3) is 0 Å². The van der Waals surface area contributed by atoms with Gasteiger partial charge in [-0.25, -0.2) is 8.42 Å². The average molecular weight is 450 g/mol. The minimum atomic E-state index is -3.60. The zero-order chi connectivity index (χ0) is 21.9. The average Bonchev–Trinajstić information content (AvgIpc) is 2.73. The van der Waals surface area contributed by atoms with Crippen molar-refractivity contribution in [3.05, 3.63) is 64.7 Å². The third kappa shape index (κ3) is 5.00. The molecule has 0 aromatic heterocycles. The molecule has 0 bridgehead atoms. The predicted octanol–water partition coefficient (Wildman–Crippen LogP) is 2.50. The summed E-state index contributed by atoms with van der Waals surface area (Å²) in [6.07, 6.45) is 0.911.